The topological polar surface area (TPSA) is 24.8 Å². The Morgan fingerprint density at radius 3 is 2.64 bits per heavy atom. The lowest BCUT2D eigenvalue weighted by molar-refractivity contribution is -0.345. The van der Waals surface area contributed by atoms with Crippen LogP contribution >= 0.6 is 0 Å². The quantitative estimate of drug-likeness (QED) is 0.579. The van der Waals surface area contributed by atoms with E-state index in [1.54, 1.807) is 0 Å². The maximum atomic E-state index is 11.6. The van der Waals surface area contributed by atoms with Gasteiger partial charge in [-0.25, -0.2) is 0 Å². The van der Waals surface area contributed by atoms with Crippen molar-refractivity contribution < 1.29 is 17.9 Å². The van der Waals surface area contributed by atoms with E-state index < -0.39 is 12.6 Å². The molecule has 0 radical (unpaired) electrons. The van der Waals surface area contributed by atoms with E-state index in [-0.39, 0.29) is 6.67 Å². The Labute approximate surface area is 61.5 Å². The number of halogens is 3. The molecule has 1 rings (SSSR count). The number of hydrogen-bond acceptors (Lipinski definition) is 3. The SMILES string of the molecule is CN1CN=CC1OC(F)(F)F. The van der Waals surface area contributed by atoms with Crippen LogP contribution in [-0.4, -0.2) is 37.4 Å². The Hall–Kier alpha value is -0.620. The molecule has 0 N–H and O–H groups in total. The maximum absolute atomic E-state index is 11.6. The zero-order chi connectivity index (χ0) is 8.48. The molecule has 1 heterocycles. The third-order valence-corrected chi connectivity index (χ3v) is 1.23. The molecule has 1 atom stereocenters. The molecule has 0 saturated carbocycles. The molecule has 1 aliphatic rings. The third kappa shape index (κ3) is 2.47. The van der Waals surface area contributed by atoms with Gasteiger partial charge < -0.3 is 0 Å². The Bertz CT molecular complexity index is 168. The Morgan fingerprint density at radius 2 is 2.27 bits per heavy atom. The van der Waals surface area contributed by atoms with Crippen molar-refractivity contribution in [2.24, 2.45) is 4.99 Å². The lowest BCUT2D eigenvalue weighted by Crippen LogP contribution is -2.35. The van der Waals surface area contributed by atoms with Gasteiger partial charge in [-0.3, -0.25) is 14.6 Å². The van der Waals surface area contributed by atoms with Crippen molar-refractivity contribution in [1.29, 1.82) is 0 Å². The van der Waals surface area contributed by atoms with Crippen LogP contribution in [0.4, 0.5) is 13.2 Å². The molecule has 0 aromatic heterocycles. The molecular weight excluding hydrogens is 161 g/mol. The van der Waals surface area contributed by atoms with Gasteiger partial charge in [0, 0.05) is 6.21 Å². The van der Waals surface area contributed by atoms with E-state index in [1.165, 1.54) is 11.9 Å². The molecule has 0 aliphatic carbocycles. The van der Waals surface area contributed by atoms with Gasteiger partial charge in [0.05, 0.1) is 6.67 Å². The lowest BCUT2D eigenvalue weighted by Gasteiger charge is -2.18. The predicted octanol–water partition coefficient (Wildman–Crippen LogP) is 0.823. The summed E-state index contributed by atoms with van der Waals surface area (Å²) in [5.74, 6) is 0. The van der Waals surface area contributed by atoms with Gasteiger partial charge in [-0.05, 0) is 7.05 Å². The number of hydrogen-bond donors (Lipinski definition) is 0. The molecule has 1 aliphatic heterocycles. The van der Waals surface area contributed by atoms with Crippen LogP contribution < -0.4 is 0 Å². The second-order valence-corrected chi connectivity index (χ2v) is 2.18. The van der Waals surface area contributed by atoms with Crippen molar-refractivity contribution in [3.63, 3.8) is 0 Å². The summed E-state index contributed by atoms with van der Waals surface area (Å²) in [4.78, 5) is 4.95. The van der Waals surface area contributed by atoms with Gasteiger partial charge in [0.15, 0.2) is 6.23 Å². The molecule has 3 nitrogen and oxygen atoms in total. The van der Waals surface area contributed by atoms with Gasteiger partial charge in [-0.1, -0.05) is 0 Å². The van der Waals surface area contributed by atoms with E-state index in [0.29, 0.717) is 0 Å². The largest absolute Gasteiger partial charge is 0.524 e. The molecule has 64 valence electrons. The first-order chi connectivity index (χ1) is 4.99. The normalized spacial score (nSPS) is 26.4. The Morgan fingerprint density at radius 1 is 1.64 bits per heavy atom. The first kappa shape index (κ1) is 8.48. The van der Waals surface area contributed by atoms with E-state index in [1.807, 2.05) is 0 Å². The third-order valence-electron chi connectivity index (χ3n) is 1.23. The summed E-state index contributed by atoms with van der Waals surface area (Å²) in [6.45, 7) is 0.251. The van der Waals surface area contributed by atoms with E-state index in [0.717, 1.165) is 6.21 Å². The monoisotopic (exact) mass is 168 g/mol. The summed E-state index contributed by atoms with van der Waals surface area (Å²) < 4.78 is 38.4. The summed E-state index contributed by atoms with van der Waals surface area (Å²) in [5, 5.41) is 0. The van der Waals surface area contributed by atoms with Crippen LogP contribution in [0.1, 0.15) is 0 Å². The molecule has 0 amide bonds. The van der Waals surface area contributed by atoms with Crippen LogP contribution in [0.2, 0.25) is 0 Å². The van der Waals surface area contributed by atoms with E-state index in [4.69, 9.17) is 0 Å². The van der Waals surface area contributed by atoms with Gasteiger partial charge in [0.1, 0.15) is 0 Å². The molecule has 0 saturated heterocycles. The summed E-state index contributed by atoms with van der Waals surface area (Å²) in [6.07, 6.45) is -4.52. The zero-order valence-corrected chi connectivity index (χ0v) is 5.80. The molecular formula is C5H7F3N2O. The lowest BCUT2D eigenvalue weighted by atomic mass is 10.6. The van der Waals surface area contributed by atoms with Crippen molar-refractivity contribution in [3.8, 4) is 0 Å². The van der Waals surface area contributed by atoms with Gasteiger partial charge in [0.2, 0.25) is 0 Å². The predicted molar refractivity (Wildman–Crippen MR) is 32.0 cm³/mol. The van der Waals surface area contributed by atoms with E-state index in [9.17, 15) is 13.2 Å². The molecule has 11 heavy (non-hydrogen) atoms. The highest BCUT2D eigenvalue weighted by Crippen LogP contribution is 2.20. The van der Waals surface area contributed by atoms with Crippen LogP contribution in [-0.2, 0) is 4.74 Å². The molecule has 0 fully saturated rings. The second kappa shape index (κ2) is 2.78. The number of aliphatic imine (C=N–C) groups is 1. The minimum absolute atomic E-state index is 0.251. The zero-order valence-electron chi connectivity index (χ0n) is 5.80. The molecule has 6 heteroatoms. The first-order valence-electron chi connectivity index (χ1n) is 2.94. The highest BCUT2D eigenvalue weighted by atomic mass is 19.4. The number of alkyl halides is 3. The Kier molecular flexibility index (Phi) is 2.15. The van der Waals surface area contributed by atoms with Crippen LogP contribution in [0, 0.1) is 0 Å². The molecule has 0 aromatic carbocycles. The van der Waals surface area contributed by atoms with E-state index >= 15 is 0 Å². The van der Waals surface area contributed by atoms with Crippen molar-refractivity contribution in [3.05, 3.63) is 0 Å². The van der Waals surface area contributed by atoms with Gasteiger partial charge in [0.25, 0.3) is 0 Å². The molecule has 1 unspecified atom stereocenters. The summed E-state index contributed by atoms with van der Waals surface area (Å²) in [5.41, 5.74) is 0. The standard InChI is InChI=1S/C5H7F3N2O/c1-10-3-9-2-4(10)11-5(6,7)8/h2,4H,3H2,1H3. The van der Waals surface area contributed by atoms with Crippen LogP contribution in [0.5, 0.6) is 0 Å². The first-order valence-corrected chi connectivity index (χ1v) is 2.94. The number of ether oxygens (including phenoxy) is 1. The van der Waals surface area contributed by atoms with Gasteiger partial charge in [-0.2, -0.15) is 0 Å². The molecule has 0 aromatic rings. The average molecular weight is 168 g/mol. The fraction of sp³-hybridized carbons (Fsp3) is 0.800. The number of nitrogens with zero attached hydrogens (tertiary/aromatic N) is 2. The minimum Gasteiger partial charge on any atom is -0.278 e. The van der Waals surface area contributed by atoms with E-state index in [2.05, 4.69) is 9.73 Å². The summed E-state index contributed by atoms with van der Waals surface area (Å²) >= 11 is 0. The van der Waals surface area contributed by atoms with Crippen molar-refractivity contribution in [2.75, 3.05) is 13.7 Å². The Balaban J connectivity index is 2.43. The highest BCUT2D eigenvalue weighted by molar-refractivity contribution is 5.64. The maximum Gasteiger partial charge on any atom is 0.524 e. The van der Waals surface area contributed by atoms with Gasteiger partial charge in [-0.15, -0.1) is 13.2 Å². The van der Waals surface area contributed by atoms with Crippen molar-refractivity contribution in [1.82, 2.24) is 4.90 Å². The average Bonchev–Trinajstić information content (AvgIpc) is 2.12. The molecule has 0 spiro atoms. The fourth-order valence-corrected chi connectivity index (χ4v) is 0.718. The van der Waals surface area contributed by atoms with Crippen LogP contribution in [0.3, 0.4) is 0 Å². The number of rotatable bonds is 1. The van der Waals surface area contributed by atoms with Crippen LogP contribution in [0.25, 0.3) is 0 Å². The van der Waals surface area contributed by atoms with Crippen molar-refractivity contribution >= 4 is 6.21 Å². The molecule has 0 bridgehead atoms. The van der Waals surface area contributed by atoms with Gasteiger partial charge >= 0.3 is 6.36 Å². The summed E-state index contributed by atoms with van der Waals surface area (Å²) in [6, 6.07) is 0. The minimum atomic E-state index is -4.59. The highest BCUT2D eigenvalue weighted by Gasteiger charge is 2.35. The van der Waals surface area contributed by atoms with Crippen molar-refractivity contribution in [2.45, 2.75) is 12.6 Å². The second-order valence-electron chi connectivity index (χ2n) is 2.18. The fourth-order valence-electron chi connectivity index (χ4n) is 0.718. The summed E-state index contributed by atoms with van der Waals surface area (Å²) in [7, 11) is 1.50. The smallest absolute Gasteiger partial charge is 0.278 e. The van der Waals surface area contributed by atoms with Crippen LogP contribution in [0.15, 0.2) is 4.99 Å².